The quantitative estimate of drug-likeness (QED) is 0.738. The maximum atomic E-state index is 11.7. The van der Waals surface area contributed by atoms with Crippen LogP contribution in [-0.2, 0) is 11.3 Å². The molecule has 3 N–H and O–H groups in total. The molecular formula is C14H20N2O4. The molecule has 0 aromatic heterocycles. The van der Waals surface area contributed by atoms with Crippen LogP contribution in [0, 0.1) is 5.92 Å². The van der Waals surface area contributed by atoms with Gasteiger partial charge in [0.25, 0.3) is 0 Å². The van der Waals surface area contributed by atoms with Gasteiger partial charge in [0.05, 0.1) is 13.0 Å². The van der Waals surface area contributed by atoms with E-state index in [4.69, 9.17) is 9.84 Å². The van der Waals surface area contributed by atoms with Crippen LogP contribution in [0.2, 0.25) is 0 Å². The summed E-state index contributed by atoms with van der Waals surface area (Å²) in [5.74, 6) is -0.860. The summed E-state index contributed by atoms with van der Waals surface area (Å²) in [5.41, 5.74) is 0.901. The predicted octanol–water partition coefficient (Wildman–Crippen LogP) is 1.60. The Kier molecular flexibility index (Phi) is 5.83. The molecule has 20 heavy (non-hydrogen) atoms. The Morgan fingerprint density at radius 1 is 1.35 bits per heavy atom. The van der Waals surface area contributed by atoms with Gasteiger partial charge in [-0.1, -0.05) is 12.1 Å². The number of hydrogen-bond donors (Lipinski definition) is 3. The van der Waals surface area contributed by atoms with Crippen LogP contribution in [0.15, 0.2) is 24.3 Å². The van der Waals surface area contributed by atoms with Crippen LogP contribution in [0.25, 0.3) is 0 Å². The van der Waals surface area contributed by atoms with Gasteiger partial charge in [0.1, 0.15) is 5.75 Å². The number of rotatable bonds is 6. The van der Waals surface area contributed by atoms with Crippen molar-refractivity contribution in [2.45, 2.75) is 26.4 Å². The minimum absolute atomic E-state index is 0.344. The number of aliphatic carboxylic acids is 1. The van der Waals surface area contributed by atoms with Gasteiger partial charge in [0.2, 0.25) is 0 Å². The second-order valence-corrected chi connectivity index (χ2v) is 4.59. The van der Waals surface area contributed by atoms with Crippen LogP contribution in [0.4, 0.5) is 4.79 Å². The molecule has 0 aliphatic heterocycles. The lowest BCUT2D eigenvalue weighted by atomic mass is 10.0. The van der Waals surface area contributed by atoms with Gasteiger partial charge in [-0.15, -0.1) is 0 Å². The van der Waals surface area contributed by atoms with Crippen molar-refractivity contribution in [2.75, 3.05) is 7.11 Å². The molecule has 110 valence electrons. The normalized spacial score (nSPS) is 13.2. The summed E-state index contributed by atoms with van der Waals surface area (Å²) < 4.78 is 5.09. The highest BCUT2D eigenvalue weighted by Crippen LogP contribution is 2.12. The van der Waals surface area contributed by atoms with Gasteiger partial charge in [-0.25, -0.2) is 4.79 Å². The molecule has 0 aliphatic carbocycles. The van der Waals surface area contributed by atoms with Gasteiger partial charge in [0.15, 0.2) is 0 Å². The number of carbonyl (C=O) groups is 2. The van der Waals surface area contributed by atoms with Crippen molar-refractivity contribution in [3.63, 3.8) is 0 Å². The molecule has 0 aliphatic rings. The minimum Gasteiger partial charge on any atom is -0.497 e. The van der Waals surface area contributed by atoms with E-state index in [2.05, 4.69) is 10.6 Å². The highest BCUT2D eigenvalue weighted by Gasteiger charge is 2.20. The number of hydrogen-bond acceptors (Lipinski definition) is 3. The molecular weight excluding hydrogens is 260 g/mol. The first-order valence-corrected chi connectivity index (χ1v) is 6.34. The van der Waals surface area contributed by atoms with Crippen molar-refractivity contribution in [3.8, 4) is 5.75 Å². The van der Waals surface area contributed by atoms with E-state index in [0.29, 0.717) is 6.54 Å². The Morgan fingerprint density at radius 3 is 2.65 bits per heavy atom. The minimum atomic E-state index is -0.939. The van der Waals surface area contributed by atoms with Crippen molar-refractivity contribution in [1.82, 2.24) is 10.6 Å². The van der Waals surface area contributed by atoms with E-state index in [1.54, 1.807) is 21.0 Å². The molecule has 6 nitrogen and oxygen atoms in total. The lowest BCUT2D eigenvalue weighted by molar-refractivity contribution is -0.141. The number of urea groups is 1. The van der Waals surface area contributed by atoms with Crippen molar-refractivity contribution >= 4 is 12.0 Å². The number of carboxylic acids is 1. The monoisotopic (exact) mass is 280 g/mol. The van der Waals surface area contributed by atoms with Crippen LogP contribution in [0.3, 0.4) is 0 Å². The van der Waals surface area contributed by atoms with Crippen molar-refractivity contribution in [3.05, 3.63) is 29.8 Å². The van der Waals surface area contributed by atoms with Crippen LogP contribution in [-0.4, -0.2) is 30.3 Å². The number of carboxylic acid groups (broad SMARTS) is 1. The number of nitrogens with one attached hydrogen (secondary N) is 2. The van der Waals surface area contributed by atoms with Crippen LogP contribution in [0.1, 0.15) is 19.4 Å². The van der Waals surface area contributed by atoms with E-state index in [9.17, 15) is 9.59 Å². The Labute approximate surface area is 118 Å². The fraction of sp³-hybridized carbons (Fsp3) is 0.429. The third-order valence-corrected chi connectivity index (χ3v) is 3.09. The first kappa shape index (κ1) is 15.8. The Morgan fingerprint density at radius 2 is 2.05 bits per heavy atom. The number of methoxy groups -OCH3 is 1. The van der Waals surface area contributed by atoms with Crippen LogP contribution < -0.4 is 15.4 Å². The zero-order chi connectivity index (χ0) is 15.1. The van der Waals surface area contributed by atoms with E-state index in [1.165, 1.54) is 0 Å². The number of amides is 2. The molecule has 6 heteroatoms. The summed E-state index contributed by atoms with van der Waals surface area (Å²) in [4.78, 5) is 22.4. The maximum Gasteiger partial charge on any atom is 0.315 e. The van der Waals surface area contributed by atoms with Gasteiger partial charge in [-0.05, 0) is 31.5 Å². The number of carbonyl (C=O) groups excluding carboxylic acids is 1. The summed E-state index contributed by atoms with van der Waals surface area (Å²) in [5, 5.41) is 14.1. The Hall–Kier alpha value is -2.24. The van der Waals surface area contributed by atoms with Gasteiger partial charge in [0, 0.05) is 12.6 Å². The molecule has 1 aromatic carbocycles. The van der Waals surface area contributed by atoms with Gasteiger partial charge >= 0.3 is 12.0 Å². The van der Waals surface area contributed by atoms with E-state index in [1.807, 2.05) is 24.3 Å². The second kappa shape index (κ2) is 7.37. The average Bonchev–Trinajstić information content (AvgIpc) is 2.44. The van der Waals surface area contributed by atoms with E-state index in [0.717, 1.165) is 11.3 Å². The standard InChI is InChI=1S/C14H20N2O4/c1-9(13(17)18)10(2)16-14(19)15-8-11-5-4-6-12(7-11)20-3/h4-7,9-10H,8H2,1-3H3,(H,17,18)(H2,15,16,19). The molecule has 2 amide bonds. The smallest absolute Gasteiger partial charge is 0.315 e. The SMILES string of the molecule is COc1cccc(CNC(=O)NC(C)C(C)C(=O)O)c1. The zero-order valence-electron chi connectivity index (χ0n) is 11.8. The van der Waals surface area contributed by atoms with Crippen LogP contribution in [0.5, 0.6) is 5.75 Å². The molecule has 0 bridgehead atoms. The van der Waals surface area contributed by atoms with Crippen molar-refractivity contribution < 1.29 is 19.4 Å². The Balaban J connectivity index is 2.45. The second-order valence-electron chi connectivity index (χ2n) is 4.59. The maximum absolute atomic E-state index is 11.7. The lowest BCUT2D eigenvalue weighted by Crippen LogP contribution is -2.45. The molecule has 0 saturated heterocycles. The lowest BCUT2D eigenvalue weighted by Gasteiger charge is -2.18. The molecule has 2 atom stereocenters. The molecule has 1 aromatic rings. The third kappa shape index (κ3) is 4.79. The summed E-state index contributed by atoms with van der Waals surface area (Å²) in [6.07, 6.45) is 0. The van der Waals surface area contributed by atoms with Crippen molar-refractivity contribution in [1.29, 1.82) is 0 Å². The Bertz CT molecular complexity index is 476. The number of benzene rings is 1. The van der Waals surface area contributed by atoms with Crippen molar-refractivity contribution in [2.24, 2.45) is 5.92 Å². The third-order valence-electron chi connectivity index (χ3n) is 3.09. The van der Waals surface area contributed by atoms with E-state index < -0.39 is 24.0 Å². The molecule has 0 heterocycles. The zero-order valence-corrected chi connectivity index (χ0v) is 11.8. The van der Waals surface area contributed by atoms with Gasteiger partial charge in [-0.3, -0.25) is 4.79 Å². The first-order chi connectivity index (χ1) is 9.43. The predicted molar refractivity (Wildman–Crippen MR) is 74.6 cm³/mol. The fourth-order valence-electron chi connectivity index (χ4n) is 1.56. The highest BCUT2D eigenvalue weighted by molar-refractivity contribution is 5.76. The molecule has 1 rings (SSSR count). The largest absolute Gasteiger partial charge is 0.497 e. The summed E-state index contributed by atoms with van der Waals surface area (Å²) in [6.45, 7) is 3.55. The highest BCUT2D eigenvalue weighted by atomic mass is 16.5. The summed E-state index contributed by atoms with van der Waals surface area (Å²) in [6, 6.07) is 6.50. The van der Waals surface area contributed by atoms with E-state index in [-0.39, 0.29) is 0 Å². The fourth-order valence-corrected chi connectivity index (χ4v) is 1.56. The molecule has 0 radical (unpaired) electrons. The topological polar surface area (TPSA) is 87.7 Å². The summed E-state index contributed by atoms with van der Waals surface area (Å²) in [7, 11) is 1.58. The van der Waals surface area contributed by atoms with Crippen LogP contribution >= 0.6 is 0 Å². The average molecular weight is 280 g/mol. The first-order valence-electron chi connectivity index (χ1n) is 6.34. The number of ether oxygens (including phenoxy) is 1. The van der Waals surface area contributed by atoms with Gasteiger partial charge < -0.3 is 20.5 Å². The summed E-state index contributed by atoms with van der Waals surface area (Å²) >= 11 is 0. The molecule has 0 saturated carbocycles. The van der Waals surface area contributed by atoms with E-state index >= 15 is 0 Å². The molecule has 0 fully saturated rings. The molecule has 0 spiro atoms. The van der Waals surface area contributed by atoms with Gasteiger partial charge in [-0.2, -0.15) is 0 Å². The molecule has 2 unspecified atom stereocenters.